The van der Waals surface area contributed by atoms with Crippen LogP contribution in [0.2, 0.25) is 0 Å². The number of aryl methyl sites for hydroxylation is 2. The molecule has 0 aromatic carbocycles. The van der Waals surface area contributed by atoms with Crippen LogP contribution in [-0.2, 0) is 6.42 Å². The number of likely N-dealkylation sites (tertiary alicyclic amines) is 1. The Labute approximate surface area is 161 Å². The molecule has 1 aromatic heterocycles. The van der Waals surface area contributed by atoms with E-state index in [-0.39, 0.29) is 24.0 Å². The molecular weight excluding hydrogens is 421 g/mol. The average Bonchev–Trinajstić information content (AvgIpc) is 3.03. The second-order valence-electron chi connectivity index (χ2n) is 6.06. The van der Waals surface area contributed by atoms with Crippen LogP contribution in [0.15, 0.2) is 4.99 Å². The molecule has 1 aliphatic heterocycles. The van der Waals surface area contributed by atoms with Gasteiger partial charge in [-0.2, -0.15) is 0 Å². The van der Waals surface area contributed by atoms with Gasteiger partial charge in [0, 0.05) is 37.5 Å². The average molecular weight is 451 g/mol. The molecule has 1 aromatic rings. The number of nitrogens with zero attached hydrogens (tertiary/aromatic N) is 3. The number of thiazole rings is 1. The molecule has 0 radical (unpaired) electrons. The highest BCUT2D eigenvalue weighted by Gasteiger charge is 2.18. The van der Waals surface area contributed by atoms with E-state index in [0.29, 0.717) is 5.92 Å². The lowest BCUT2D eigenvalue weighted by Gasteiger charge is -2.12. The van der Waals surface area contributed by atoms with Gasteiger partial charge in [-0.05, 0) is 46.7 Å². The van der Waals surface area contributed by atoms with Gasteiger partial charge in [-0.25, -0.2) is 4.98 Å². The Morgan fingerprint density at radius 3 is 2.74 bits per heavy atom. The zero-order chi connectivity index (χ0) is 15.9. The number of nitrogens with one attached hydrogen (secondary N) is 2. The smallest absolute Gasteiger partial charge is 0.191 e. The van der Waals surface area contributed by atoms with Crippen molar-refractivity contribution in [2.75, 3.05) is 39.8 Å². The molecule has 2 rings (SSSR count). The summed E-state index contributed by atoms with van der Waals surface area (Å²) in [4.78, 5) is 13.0. The molecule has 0 bridgehead atoms. The predicted octanol–water partition coefficient (Wildman–Crippen LogP) is 2.43. The Bertz CT molecular complexity index is 483. The highest BCUT2D eigenvalue weighted by Crippen LogP contribution is 2.16. The topological polar surface area (TPSA) is 52.6 Å². The van der Waals surface area contributed by atoms with E-state index in [1.54, 1.807) is 11.3 Å². The Morgan fingerprint density at radius 1 is 1.39 bits per heavy atom. The molecule has 1 atom stereocenters. The lowest BCUT2D eigenvalue weighted by atomic mass is 10.1. The van der Waals surface area contributed by atoms with E-state index in [1.165, 1.54) is 29.4 Å². The quantitative estimate of drug-likeness (QED) is 0.397. The summed E-state index contributed by atoms with van der Waals surface area (Å²) in [5, 5.41) is 7.96. The molecule has 0 saturated carbocycles. The number of hydrogen-bond donors (Lipinski definition) is 2. The summed E-state index contributed by atoms with van der Waals surface area (Å²) >= 11 is 1.80. The van der Waals surface area contributed by atoms with Crippen LogP contribution in [-0.4, -0.2) is 55.6 Å². The van der Waals surface area contributed by atoms with Crippen LogP contribution in [0, 0.1) is 19.8 Å². The molecular formula is C16H30IN5S. The van der Waals surface area contributed by atoms with Gasteiger partial charge in [0.1, 0.15) is 0 Å². The van der Waals surface area contributed by atoms with Crippen LogP contribution < -0.4 is 10.6 Å². The van der Waals surface area contributed by atoms with Crippen molar-refractivity contribution in [3.05, 3.63) is 15.6 Å². The minimum atomic E-state index is 0. The van der Waals surface area contributed by atoms with Crippen molar-refractivity contribution >= 4 is 41.3 Å². The monoisotopic (exact) mass is 451 g/mol. The van der Waals surface area contributed by atoms with Crippen molar-refractivity contribution < 1.29 is 0 Å². The fourth-order valence-electron chi connectivity index (χ4n) is 2.67. The fourth-order valence-corrected chi connectivity index (χ4v) is 3.60. The highest BCUT2D eigenvalue weighted by atomic mass is 127. The van der Waals surface area contributed by atoms with E-state index in [2.05, 4.69) is 48.3 Å². The number of halogens is 1. The number of aliphatic imine (C=N–C) groups is 1. The van der Waals surface area contributed by atoms with Gasteiger partial charge in [0.2, 0.25) is 0 Å². The van der Waals surface area contributed by atoms with Gasteiger partial charge in [-0.15, -0.1) is 35.3 Å². The molecule has 132 valence electrons. The molecule has 0 aliphatic carbocycles. The summed E-state index contributed by atoms with van der Waals surface area (Å²) in [6.45, 7) is 11.4. The first-order valence-corrected chi connectivity index (χ1v) is 9.03. The van der Waals surface area contributed by atoms with Crippen LogP contribution in [0.3, 0.4) is 0 Å². The first-order chi connectivity index (χ1) is 10.6. The first kappa shape index (κ1) is 20.6. The van der Waals surface area contributed by atoms with Crippen LogP contribution in [0.1, 0.15) is 28.9 Å². The highest BCUT2D eigenvalue weighted by molar-refractivity contribution is 14.0. The van der Waals surface area contributed by atoms with E-state index < -0.39 is 0 Å². The minimum Gasteiger partial charge on any atom is -0.357 e. The third-order valence-electron chi connectivity index (χ3n) is 4.04. The normalized spacial score (nSPS) is 18.8. The zero-order valence-corrected chi connectivity index (χ0v) is 17.8. The Hall–Kier alpha value is -0.410. The van der Waals surface area contributed by atoms with E-state index >= 15 is 0 Å². The zero-order valence-electron chi connectivity index (χ0n) is 14.7. The Morgan fingerprint density at radius 2 is 2.17 bits per heavy atom. The van der Waals surface area contributed by atoms with Gasteiger partial charge >= 0.3 is 0 Å². The SMILES string of the molecule is CCNC(=NCC1CCN(C)C1)NCCc1nc(C)c(C)s1.I. The van der Waals surface area contributed by atoms with E-state index in [4.69, 9.17) is 4.99 Å². The summed E-state index contributed by atoms with van der Waals surface area (Å²) in [6.07, 6.45) is 2.22. The molecule has 1 unspecified atom stereocenters. The molecule has 23 heavy (non-hydrogen) atoms. The second kappa shape index (κ2) is 10.5. The van der Waals surface area contributed by atoms with Gasteiger partial charge < -0.3 is 15.5 Å². The van der Waals surface area contributed by atoms with Crippen LogP contribution >= 0.6 is 35.3 Å². The molecule has 5 nitrogen and oxygen atoms in total. The maximum absolute atomic E-state index is 4.73. The largest absolute Gasteiger partial charge is 0.357 e. The molecule has 1 fully saturated rings. The Kier molecular flexibility index (Phi) is 9.38. The fraction of sp³-hybridized carbons (Fsp3) is 0.750. The summed E-state index contributed by atoms with van der Waals surface area (Å²) in [7, 11) is 2.19. The van der Waals surface area contributed by atoms with E-state index in [1.807, 2.05) is 0 Å². The summed E-state index contributed by atoms with van der Waals surface area (Å²) in [5.41, 5.74) is 1.16. The number of aromatic nitrogens is 1. The van der Waals surface area contributed by atoms with Crippen LogP contribution in [0.25, 0.3) is 0 Å². The van der Waals surface area contributed by atoms with Gasteiger partial charge in [-0.1, -0.05) is 0 Å². The van der Waals surface area contributed by atoms with Gasteiger partial charge in [0.15, 0.2) is 5.96 Å². The molecule has 2 N–H and O–H groups in total. The first-order valence-electron chi connectivity index (χ1n) is 8.22. The standard InChI is InChI=1S/C16H29N5S.HI/c1-5-17-16(19-10-14-7-9-21(4)11-14)18-8-6-15-20-12(2)13(3)22-15;/h14H,5-11H2,1-4H3,(H2,17,18,19);1H. The van der Waals surface area contributed by atoms with Crippen molar-refractivity contribution in [2.45, 2.75) is 33.6 Å². The van der Waals surface area contributed by atoms with Gasteiger partial charge in [0.05, 0.1) is 10.7 Å². The maximum Gasteiger partial charge on any atom is 0.191 e. The van der Waals surface area contributed by atoms with Gasteiger partial charge in [0.25, 0.3) is 0 Å². The third-order valence-corrected chi connectivity index (χ3v) is 5.18. The lowest BCUT2D eigenvalue weighted by molar-refractivity contribution is 0.397. The van der Waals surface area contributed by atoms with Crippen molar-refractivity contribution in [2.24, 2.45) is 10.9 Å². The Balaban J connectivity index is 0.00000264. The van der Waals surface area contributed by atoms with E-state index in [9.17, 15) is 0 Å². The maximum atomic E-state index is 4.73. The predicted molar refractivity (Wildman–Crippen MR) is 110 cm³/mol. The van der Waals surface area contributed by atoms with Crippen LogP contribution in [0.4, 0.5) is 0 Å². The minimum absolute atomic E-state index is 0. The number of hydrogen-bond acceptors (Lipinski definition) is 4. The molecule has 0 amide bonds. The molecule has 2 heterocycles. The van der Waals surface area contributed by atoms with E-state index in [0.717, 1.165) is 37.7 Å². The molecule has 0 spiro atoms. The number of rotatable bonds is 6. The van der Waals surface area contributed by atoms with Gasteiger partial charge in [-0.3, -0.25) is 4.99 Å². The van der Waals surface area contributed by atoms with Crippen molar-refractivity contribution in [1.82, 2.24) is 20.5 Å². The molecule has 7 heteroatoms. The van der Waals surface area contributed by atoms with Crippen molar-refractivity contribution in [3.8, 4) is 0 Å². The van der Waals surface area contributed by atoms with Crippen LogP contribution in [0.5, 0.6) is 0 Å². The summed E-state index contributed by atoms with van der Waals surface area (Å²) in [5.74, 6) is 1.63. The third kappa shape index (κ3) is 6.93. The molecule has 1 saturated heterocycles. The summed E-state index contributed by atoms with van der Waals surface area (Å²) < 4.78 is 0. The second-order valence-corrected chi connectivity index (χ2v) is 7.35. The number of guanidine groups is 1. The summed E-state index contributed by atoms with van der Waals surface area (Å²) in [6, 6.07) is 0. The lowest BCUT2D eigenvalue weighted by Crippen LogP contribution is -2.38. The molecule has 1 aliphatic rings. The van der Waals surface area contributed by atoms with Crippen molar-refractivity contribution in [3.63, 3.8) is 0 Å². The van der Waals surface area contributed by atoms with Crippen molar-refractivity contribution in [1.29, 1.82) is 0 Å².